The number of nitrogen functional groups attached to an aromatic ring is 1. The lowest BCUT2D eigenvalue weighted by molar-refractivity contribution is -0.142. The number of halogens is 1. The molecule has 8 nitrogen and oxygen atoms in total. The van der Waals surface area contributed by atoms with Crippen LogP contribution in [-0.4, -0.2) is 36.0 Å². The number of rotatable bonds is 5. The molecule has 34 heavy (non-hydrogen) atoms. The van der Waals surface area contributed by atoms with Crippen LogP contribution in [0, 0.1) is 11.7 Å². The molecule has 1 fully saturated rings. The van der Waals surface area contributed by atoms with Crippen LogP contribution in [0.3, 0.4) is 0 Å². The molecule has 5 rings (SSSR count). The molecule has 3 aromatic heterocycles. The Morgan fingerprint density at radius 2 is 1.82 bits per heavy atom. The number of aliphatic carboxylic acids is 1. The molecular weight excluding hydrogens is 437 g/mol. The highest BCUT2D eigenvalue weighted by atomic mass is 19.1. The van der Waals surface area contributed by atoms with Gasteiger partial charge in [-0.25, -0.2) is 9.37 Å². The quantitative estimate of drug-likeness (QED) is 0.424. The molecule has 3 N–H and O–H groups in total. The lowest BCUT2D eigenvalue weighted by Crippen LogP contribution is -2.23. The van der Waals surface area contributed by atoms with Gasteiger partial charge in [0, 0.05) is 35.1 Å². The molecule has 0 bridgehead atoms. The molecule has 0 unspecified atom stereocenters. The van der Waals surface area contributed by atoms with Crippen LogP contribution in [0.25, 0.3) is 22.5 Å². The van der Waals surface area contributed by atoms with Gasteiger partial charge in [-0.05, 0) is 62.9 Å². The topological polar surface area (TPSA) is 116 Å². The van der Waals surface area contributed by atoms with Crippen LogP contribution in [0.1, 0.15) is 54.6 Å². The summed E-state index contributed by atoms with van der Waals surface area (Å²) < 4.78 is 16.6. The Bertz CT molecular complexity index is 1400. The lowest BCUT2D eigenvalue weighted by Gasteiger charge is -2.27. The van der Waals surface area contributed by atoms with Crippen LogP contribution < -0.4 is 5.73 Å². The minimum atomic E-state index is -0.781. The normalized spacial score (nSPS) is 18.3. The summed E-state index contributed by atoms with van der Waals surface area (Å²) in [6.07, 6.45) is 7.77. The maximum absolute atomic E-state index is 13.3. The van der Waals surface area contributed by atoms with E-state index >= 15 is 0 Å². The summed E-state index contributed by atoms with van der Waals surface area (Å²) in [5, 5.41) is 13.7. The minimum absolute atomic E-state index is 0.0478. The van der Waals surface area contributed by atoms with Crippen molar-refractivity contribution in [2.24, 2.45) is 5.92 Å². The Hall–Kier alpha value is -4.01. The molecule has 0 aliphatic heterocycles. The van der Waals surface area contributed by atoms with Crippen molar-refractivity contribution in [3.63, 3.8) is 0 Å². The van der Waals surface area contributed by atoms with Crippen LogP contribution in [0.4, 0.5) is 10.2 Å². The Balaban J connectivity index is 1.57. The molecule has 174 valence electrons. The van der Waals surface area contributed by atoms with Gasteiger partial charge in [-0.1, -0.05) is 0 Å². The second-order valence-corrected chi connectivity index (χ2v) is 8.78. The summed E-state index contributed by atoms with van der Waals surface area (Å²) in [5.74, 6) is -1.45. The Labute approximate surface area is 194 Å². The summed E-state index contributed by atoms with van der Waals surface area (Å²) in [4.78, 5) is 28.8. The van der Waals surface area contributed by atoms with E-state index in [-0.39, 0.29) is 29.3 Å². The highest BCUT2D eigenvalue weighted by Gasteiger charge is 2.31. The summed E-state index contributed by atoms with van der Waals surface area (Å²) in [7, 11) is 0. The van der Waals surface area contributed by atoms with Gasteiger partial charge >= 0.3 is 5.97 Å². The van der Waals surface area contributed by atoms with Gasteiger partial charge in [0.1, 0.15) is 11.6 Å². The van der Waals surface area contributed by atoms with Crippen molar-refractivity contribution in [1.82, 2.24) is 19.2 Å². The van der Waals surface area contributed by atoms with E-state index < -0.39 is 5.97 Å². The second-order valence-electron chi connectivity index (χ2n) is 8.78. The van der Waals surface area contributed by atoms with E-state index in [0.29, 0.717) is 42.6 Å². The number of ketones is 1. The molecule has 0 saturated heterocycles. The third-order valence-corrected chi connectivity index (χ3v) is 6.65. The number of Topliss-reactive ketones (excluding diaryl/α,β-unsaturated/α-hetero) is 1. The van der Waals surface area contributed by atoms with Crippen LogP contribution in [0.2, 0.25) is 0 Å². The number of carboxylic acids is 1. The molecule has 0 atom stereocenters. The minimum Gasteiger partial charge on any atom is -0.481 e. The number of aromatic nitrogens is 4. The van der Waals surface area contributed by atoms with Crippen LogP contribution in [-0.2, 0) is 4.79 Å². The highest BCUT2D eigenvalue weighted by molar-refractivity contribution is 6.00. The fourth-order valence-electron chi connectivity index (χ4n) is 4.84. The van der Waals surface area contributed by atoms with Gasteiger partial charge in [0.05, 0.1) is 23.4 Å². The van der Waals surface area contributed by atoms with E-state index in [2.05, 4.69) is 5.10 Å². The first-order valence-corrected chi connectivity index (χ1v) is 11.2. The maximum atomic E-state index is 13.3. The molecule has 0 spiro atoms. The first-order valence-electron chi connectivity index (χ1n) is 11.2. The van der Waals surface area contributed by atoms with E-state index in [1.807, 2.05) is 23.0 Å². The fraction of sp³-hybridized carbons (Fsp3) is 0.280. The van der Waals surface area contributed by atoms with Crippen molar-refractivity contribution in [2.45, 2.75) is 38.5 Å². The van der Waals surface area contributed by atoms with Gasteiger partial charge in [0.25, 0.3) is 0 Å². The number of benzene rings is 1. The first-order chi connectivity index (χ1) is 16.3. The monoisotopic (exact) mass is 461 g/mol. The van der Waals surface area contributed by atoms with Gasteiger partial charge in [-0.3, -0.25) is 9.59 Å². The number of anilines is 1. The smallest absolute Gasteiger partial charge is 0.306 e. The van der Waals surface area contributed by atoms with Crippen molar-refractivity contribution in [1.29, 1.82) is 0 Å². The SMILES string of the molecule is CC(=O)c1c(N)n2ncc(-c3ccn(-c4ccc(F)cc4)c3)c2nc1[C@H]1CC[C@H](C(=O)O)CC1. The average molecular weight is 461 g/mol. The molecule has 1 aliphatic rings. The predicted molar refractivity (Wildman–Crippen MR) is 124 cm³/mol. The fourth-order valence-corrected chi connectivity index (χ4v) is 4.84. The summed E-state index contributed by atoms with van der Waals surface area (Å²) in [5.41, 5.74) is 10.3. The number of nitrogens with zero attached hydrogens (tertiary/aromatic N) is 4. The van der Waals surface area contributed by atoms with Crippen LogP contribution >= 0.6 is 0 Å². The molecule has 0 amide bonds. The number of carboxylic acid groups (broad SMARTS) is 1. The Morgan fingerprint density at radius 1 is 1.12 bits per heavy atom. The van der Waals surface area contributed by atoms with Gasteiger partial charge in [-0.15, -0.1) is 0 Å². The third-order valence-electron chi connectivity index (χ3n) is 6.65. The number of hydrogen-bond donors (Lipinski definition) is 2. The van der Waals surface area contributed by atoms with E-state index in [4.69, 9.17) is 10.7 Å². The van der Waals surface area contributed by atoms with Crippen molar-refractivity contribution < 1.29 is 19.1 Å². The van der Waals surface area contributed by atoms with E-state index in [1.165, 1.54) is 23.6 Å². The van der Waals surface area contributed by atoms with Gasteiger partial charge in [0.2, 0.25) is 0 Å². The van der Waals surface area contributed by atoms with E-state index in [1.54, 1.807) is 18.3 Å². The van der Waals surface area contributed by atoms with Gasteiger partial charge in [0.15, 0.2) is 11.4 Å². The highest BCUT2D eigenvalue weighted by Crippen LogP contribution is 2.39. The lowest BCUT2D eigenvalue weighted by atomic mass is 9.79. The summed E-state index contributed by atoms with van der Waals surface area (Å²) in [6.45, 7) is 1.46. The van der Waals surface area contributed by atoms with Crippen molar-refractivity contribution in [3.05, 3.63) is 66.0 Å². The van der Waals surface area contributed by atoms with Crippen molar-refractivity contribution in [3.8, 4) is 16.8 Å². The Morgan fingerprint density at radius 3 is 2.47 bits per heavy atom. The molecule has 0 radical (unpaired) electrons. The number of carbonyl (C=O) groups is 2. The van der Waals surface area contributed by atoms with Gasteiger partial charge < -0.3 is 15.4 Å². The number of hydrogen-bond acceptors (Lipinski definition) is 5. The largest absolute Gasteiger partial charge is 0.481 e. The van der Waals surface area contributed by atoms with Gasteiger partial charge in [-0.2, -0.15) is 9.61 Å². The van der Waals surface area contributed by atoms with E-state index in [9.17, 15) is 19.1 Å². The molecular formula is C25H24FN5O3. The Kier molecular flexibility index (Phi) is 5.39. The van der Waals surface area contributed by atoms with E-state index in [0.717, 1.165) is 16.8 Å². The first kappa shape index (κ1) is 21.8. The molecule has 9 heteroatoms. The molecule has 1 saturated carbocycles. The summed E-state index contributed by atoms with van der Waals surface area (Å²) >= 11 is 0. The summed E-state index contributed by atoms with van der Waals surface area (Å²) in [6, 6.07) is 8.10. The molecule has 1 aromatic carbocycles. The molecule has 1 aliphatic carbocycles. The number of carbonyl (C=O) groups excluding carboxylic acids is 1. The predicted octanol–water partition coefficient (Wildman–Crippen LogP) is 4.47. The maximum Gasteiger partial charge on any atom is 0.306 e. The standard InChI is InChI=1S/C25H24FN5O3/c1-14(32)21-22(15-2-4-16(5-3-15)25(33)34)29-24-20(12-28-31(24)23(21)27)17-10-11-30(13-17)19-8-6-18(26)7-9-19/h6-13,15-16H,2-5,27H2,1H3,(H,33,34)/t15-,16-. The third kappa shape index (κ3) is 3.72. The van der Waals surface area contributed by atoms with Crippen molar-refractivity contribution in [2.75, 3.05) is 5.73 Å². The van der Waals surface area contributed by atoms with Crippen molar-refractivity contribution >= 4 is 23.2 Å². The zero-order valence-corrected chi connectivity index (χ0v) is 18.6. The second kappa shape index (κ2) is 8.40. The average Bonchev–Trinajstić information content (AvgIpc) is 3.46. The zero-order valence-electron chi connectivity index (χ0n) is 18.6. The zero-order chi connectivity index (χ0) is 24.0. The molecule has 3 heterocycles. The number of nitrogens with two attached hydrogens (primary N) is 1. The van der Waals surface area contributed by atoms with Crippen LogP contribution in [0.5, 0.6) is 0 Å². The number of fused-ring (bicyclic) bond motifs is 1. The molecule has 4 aromatic rings. The van der Waals surface area contributed by atoms with Crippen LogP contribution in [0.15, 0.2) is 48.9 Å².